The van der Waals surface area contributed by atoms with Crippen LogP contribution in [0.5, 0.6) is 11.5 Å². The minimum atomic E-state index is -1.08. The van der Waals surface area contributed by atoms with Crippen molar-refractivity contribution in [3.8, 4) is 11.5 Å². The summed E-state index contributed by atoms with van der Waals surface area (Å²) in [5, 5.41) is 15.3. The zero-order valence-electron chi connectivity index (χ0n) is 21.8. The molecule has 39 heavy (non-hydrogen) atoms. The van der Waals surface area contributed by atoms with Gasteiger partial charge in [0, 0.05) is 18.9 Å². The van der Waals surface area contributed by atoms with Crippen LogP contribution in [-0.2, 0) is 27.4 Å². The van der Waals surface area contributed by atoms with Gasteiger partial charge in [0.25, 0.3) is 0 Å². The van der Waals surface area contributed by atoms with Crippen LogP contribution < -0.4 is 15.4 Å². The van der Waals surface area contributed by atoms with Crippen molar-refractivity contribution in [2.45, 2.75) is 44.8 Å². The van der Waals surface area contributed by atoms with Crippen LogP contribution in [0, 0.1) is 11.8 Å². The van der Waals surface area contributed by atoms with Crippen molar-refractivity contribution in [2.24, 2.45) is 11.8 Å². The second-order valence-corrected chi connectivity index (χ2v) is 9.83. The first-order chi connectivity index (χ1) is 19.0. The van der Waals surface area contributed by atoms with Gasteiger partial charge >= 0.3 is 12.1 Å². The van der Waals surface area contributed by atoms with Crippen molar-refractivity contribution in [1.29, 1.82) is 0 Å². The summed E-state index contributed by atoms with van der Waals surface area (Å²) in [6, 6.07) is 25.0. The first-order valence-corrected chi connectivity index (χ1v) is 13.3. The lowest BCUT2D eigenvalue weighted by Crippen LogP contribution is -2.45. The predicted octanol–water partition coefficient (Wildman–Crippen LogP) is 5.32. The number of ether oxygens (including phenoxy) is 2. The van der Waals surface area contributed by atoms with E-state index in [-0.39, 0.29) is 30.8 Å². The molecule has 1 aliphatic carbocycles. The van der Waals surface area contributed by atoms with Crippen LogP contribution in [0.15, 0.2) is 84.9 Å². The summed E-state index contributed by atoms with van der Waals surface area (Å²) in [6.07, 6.45) is 2.52. The molecule has 3 aromatic carbocycles. The van der Waals surface area contributed by atoms with Crippen molar-refractivity contribution in [1.82, 2.24) is 10.6 Å². The summed E-state index contributed by atoms with van der Waals surface area (Å²) in [6.45, 7) is 0.704. The Morgan fingerprint density at radius 3 is 2.15 bits per heavy atom. The molecule has 0 bridgehead atoms. The monoisotopic (exact) mass is 530 g/mol. The van der Waals surface area contributed by atoms with Gasteiger partial charge < -0.3 is 25.2 Å². The summed E-state index contributed by atoms with van der Waals surface area (Å²) in [5.74, 6) is -0.0307. The Balaban J connectivity index is 1.20. The smallest absolute Gasteiger partial charge is 0.407 e. The highest BCUT2D eigenvalue weighted by atomic mass is 16.5. The maximum absolute atomic E-state index is 12.9. The molecule has 204 valence electrons. The molecule has 4 rings (SSSR count). The highest BCUT2D eigenvalue weighted by Crippen LogP contribution is 2.29. The van der Waals surface area contributed by atoms with Crippen LogP contribution in [0.1, 0.15) is 36.8 Å². The average Bonchev–Trinajstić information content (AvgIpc) is 2.96. The SMILES string of the molecule is O=C(NCC1CCC(C(=O)NC(Cc2cccc(Oc3ccccc3)c2)C(=O)O)CC1)OCc1ccccc1. The number of carboxylic acids is 1. The number of rotatable bonds is 11. The molecule has 0 radical (unpaired) electrons. The number of para-hydroxylation sites is 1. The summed E-state index contributed by atoms with van der Waals surface area (Å²) in [4.78, 5) is 36.9. The summed E-state index contributed by atoms with van der Waals surface area (Å²) in [5.41, 5.74) is 1.68. The van der Waals surface area contributed by atoms with Gasteiger partial charge in [0.15, 0.2) is 0 Å². The summed E-state index contributed by atoms with van der Waals surface area (Å²) < 4.78 is 11.1. The fourth-order valence-electron chi connectivity index (χ4n) is 4.72. The molecular formula is C31H34N2O6. The number of hydrogen-bond acceptors (Lipinski definition) is 5. The minimum Gasteiger partial charge on any atom is -0.480 e. The molecule has 8 heteroatoms. The average molecular weight is 531 g/mol. The van der Waals surface area contributed by atoms with Gasteiger partial charge in [0.1, 0.15) is 24.1 Å². The fourth-order valence-corrected chi connectivity index (χ4v) is 4.72. The highest BCUT2D eigenvalue weighted by molar-refractivity contribution is 5.85. The number of hydrogen-bond donors (Lipinski definition) is 3. The van der Waals surface area contributed by atoms with Gasteiger partial charge in [-0.1, -0.05) is 60.7 Å². The van der Waals surface area contributed by atoms with Gasteiger partial charge in [-0.2, -0.15) is 0 Å². The largest absolute Gasteiger partial charge is 0.480 e. The van der Waals surface area contributed by atoms with Gasteiger partial charge in [-0.15, -0.1) is 0 Å². The topological polar surface area (TPSA) is 114 Å². The Bertz CT molecular complexity index is 1230. The maximum atomic E-state index is 12.9. The molecule has 1 unspecified atom stereocenters. The zero-order valence-corrected chi connectivity index (χ0v) is 21.8. The van der Waals surface area contributed by atoms with E-state index in [9.17, 15) is 19.5 Å². The Labute approximate surface area is 228 Å². The molecular weight excluding hydrogens is 496 g/mol. The quantitative estimate of drug-likeness (QED) is 0.309. The standard InChI is InChI=1S/C31H34N2O6/c34-29(25-16-14-22(15-17-25)20-32-31(37)38-21-23-8-3-1-4-9-23)33-28(30(35)36)19-24-10-7-13-27(18-24)39-26-11-5-2-6-12-26/h1-13,18,22,25,28H,14-17,19-21H2,(H,32,37)(H,33,34)(H,35,36). The Kier molecular flexibility index (Phi) is 9.94. The molecule has 0 aliphatic heterocycles. The van der Waals surface area contributed by atoms with Gasteiger partial charge in [-0.3, -0.25) is 4.79 Å². The van der Waals surface area contributed by atoms with Gasteiger partial charge in [-0.05, 0) is 67.0 Å². The lowest BCUT2D eigenvalue weighted by Gasteiger charge is -2.28. The first-order valence-electron chi connectivity index (χ1n) is 13.3. The van der Waals surface area contributed by atoms with E-state index in [2.05, 4.69) is 10.6 Å². The third kappa shape index (κ3) is 8.88. The van der Waals surface area contributed by atoms with E-state index < -0.39 is 18.1 Å². The van der Waals surface area contributed by atoms with E-state index in [1.807, 2.05) is 66.7 Å². The number of carbonyl (C=O) groups is 3. The number of nitrogens with one attached hydrogen (secondary N) is 2. The number of carboxylic acid groups (broad SMARTS) is 1. The van der Waals surface area contributed by atoms with Crippen molar-refractivity contribution < 1.29 is 29.0 Å². The Morgan fingerprint density at radius 1 is 0.821 bits per heavy atom. The molecule has 0 heterocycles. The Morgan fingerprint density at radius 2 is 1.46 bits per heavy atom. The van der Waals surface area contributed by atoms with Crippen LogP contribution in [0.4, 0.5) is 4.79 Å². The second-order valence-electron chi connectivity index (χ2n) is 9.83. The Hall–Kier alpha value is -4.33. The molecule has 1 saturated carbocycles. The zero-order chi connectivity index (χ0) is 27.5. The fraction of sp³-hybridized carbons (Fsp3) is 0.323. The van der Waals surface area contributed by atoms with Crippen LogP contribution in [-0.4, -0.2) is 35.7 Å². The number of aliphatic carboxylic acids is 1. The van der Waals surface area contributed by atoms with E-state index in [0.717, 1.165) is 24.0 Å². The lowest BCUT2D eigenvalue weighted by molar-refractivity contribution is -0.142. The lowest BCUT2D eigenvalue weighted by atomic mass is 9.81. The van der Waals surface area contributed by atoms with Gasteiger partial charge in [0.2, 0.25) is 5.91 Å². The van der Waals surface area contributed by atoms with E-state index >= 15 is 0 Å². The number of benzene rings is 3. The van der Waals surface area contributed by atoms with Crippen LogP contribution in [0.2, 0.25) is 0 Å². The molecule has 1 aliphatic rings. The summed E-state index contributed by atoms with van der Waals surface area (Å²) in [7, 11) is 0. The van der Waals surface area contributed by atoms with Crippen LogP contribution >= 0.6 is 0 Å². The molecule has 8 nitrogen and oxygen atoms in total. The minimum absolute atomic E-state index is 0.150. The molecule has 0 spiro atoms. The van der Waals surface area contributed by atoms with Crippen molar-refractivity contribution in [3.63, 3.8) is 0 Å². The second kappa shape index (κ2) is 14.0. The molecule has 3 aromatic rings. The number of carbonyl (C=O) groups excluding carboxylic acids is 2. The van der Waals surface area contributed by atoms with E-state index in [1.54, 1.807) is 18.2 Å². The molecule has 3 N–H and O–H groups in total. The predicted molar refractivity (Wildman–Crippen MR) is 146 cm³/mol. The molecule has 1 fully saturated rings. The van der Waals surface area contributed by atoms with Gasteiger partial charge in [0.05, 0.1) is 0 Å². The highest BCUT2D eigenvalue weighted by Gasteiger charge is 2.29. The van der Waals surface area contributed by atoms with Gasteiger partial charge in [-0.25, -0.2) is 9.59 Å². The normalized spacial score (nSPS) is 17.4. The van der Waals surface area contributed by atoms with Crippen molar-refractivity contribution in [2.75, 3.05) is 6.54 Å². The molecule has 2 amide bonds. The third-order valence-corrected chi connectivity index (χ3v) is 6.90. The van der Waals surface area contributed by atoms with Crippen LogP contribution in [0.25, 0.3) is 0 Å². The maximum Gasteiger partial charge on any atom is 0.407 e. The van der Waals surface area contributed by atoms with E-state index in [1.165, 1.54) is 0 Å². The van der Waals surface area contributed by atoms with E-state index in [0.29, 0.717) is 30.9 Å². The molecule has 0 saturated heterocycles. The van der Waals surface area contributed by atoms with Crippen molar-refractivity contribution in [3.05, 3.63) is 96.1 Å². The number of amides is 2. The molecule has 1 atom stereocenters. The van der Waals surface area contributed by atoms with Crippen LogP contribution in [0.3, 0.4) is 0 Å². The first kappa shape index (κ1) is 27.7. The third-order valence-electron chi connectivity index (χ3n) is 6.90. The van der Waals surface area contributed by atoms with E-state index in [4.69, 9.17) is 9.47 Å². The summed E-state index contributed by atoms with van der Waals surface area (Å²) >= 11 is 0. The van der Waals surface area contributed by atoms with Crippen molar-refractivity contribution >= 4 is 18.0 Å². The molecule has 0 aromatic heterocycles. The number of alkyl carbamates (subject to hydrolysis) is 1.